The molecular formula is C29H25NO6. The molecule has 0 fully saturated rings. The highest BCUT2D eigenvalue weighted by molar-refractivity contribution is 5.97. The van der Waals surface area contributed by atoms with Gasteiger partial charge in [0, 0.05) is 24.1 Å². The van der Waals surface area contributed by atoms with Gasteiger partial charge in [0.2, 0.25) is 0 Å². The average molecular weight is 484 g/mol. The number of amides is 1. The van der Waals surface area contributed by atoms with Crippen LogP contribution in [0.4, 0.5) is 0 Å². The van der Waals surface area contributed by atoms with Crippen molar-refractivity contribution in [3.05, 3.63) is 112 Å². The Morgan fingerprint density at radius 2 is 1.69 bits per heavy atom. The fraction of sp³-hybridized carbons (Fsp3) is 0.138. The molecule has 1 heterocycles. The first-order valence-corrected chi connectivity index (χ1v) is 11.5. The lowest BCUT2D eigenvalue weighted by Crippen LogP contribution is -2.28. The lowest BCUT2D eigenvalue weighted by atomic mass is 10.1. The van der Waals surface area contributed by atoms with Crippen LogP contribution in [-0.2, 0) is 11.4 Å². The number of rotatable bonds is 9. The van der Waals surface area contributed by atoms with Gasteiger partial charge in [0.15, 0.2) is 0 Å². The molecule has 0 unspecified atom stereocenters. The van der Waals surface area contributed by atoms with Crippen molar-refractivity contribution in [1.82, 2.24) is 5.32 Å². The Morgan fingerprint density at radius 1 is 0.944 bits per heavy atom. The second kappa shape index (κ2) is 11.7. The number of hydrogen-bond acceptors (Lipinski definition) is 6. The molecule has 0 spiro atoms. The summed E-state index contributed by atoms with van der Waals surface area (Å²) >= 11 is 0. The summed E-state index contributed by atoms with van der Waals surface area (Å²) in [6.07, 6.45) is 3.69. The van der Waals surface area contributed by atoms with Crippen LogP contribution in [0.25, 0.3) is 17.0 Å². The Kier molecular flexibility index (Phi) is 7.93. The SMILES string of the molecule is CCCNC(=O)c1cc2ccc(OC(=O)/C=C/c3ccc(OCc4ccccc4)cc3)cc2oc1=O. The largest absolute Gasteiger partial charge is 0.489 e. The summed E-state index contributed by atoms with van der Waals surface area (Å²) in [4.78, 5) is 36.6. The van der Waals surface area contributed by atoms with E-state index in [0.717, 1.165) is 23.3 Å². The quantitative estimate of drug-likeness (QED) is 0.153. The van der Waals surface area contributed by atoms with E-state index in [9.17, 15) is 14.4 Å². The average Bonchev–Trinajstić information content (AvgIpc) is 2.90. The number of ether oxygens (including phenoxy) is 2. The standard InChI is InChI=1S/C29H25NO6/c1-2-16-30-28(32)25-17-22-11-14-24(18-26(22)36-29(25)33)35-27(31)15-10-20-8-12-23(13-9-20)34-19-21-6-4-3-5-7-21/h3-15,17-18H,2,16,19H2,1H3,(H,30,32)/b15-10+. The van der Waals surface area contributed by atoms with Crippen LogP contribution in [0.5, 0.6) is 11.5 Å². The molecule has 36 heavy (non-hydrogen) atoms. The Labute approximate surface area is 208 Å². The van der Waals surface area contributed by atoms with Crippen molar-refractivity contribution in [1.29, 1.82) is 0 Å². The summed E-state index contributed by atoms with van der Waals surface area (Å²) < 4.78 is 16.4. The first kappa shape index (κ1) is 24.5. The highest BCUT2D eigenvalue weighted by atomic mass is 16.5. The molecule has 0 radical (unpaired) electrons. The van der Waals surface area contributed by atoms with Crippen LogP contribution in [0.3, 0.4) is 0 Å². The van der Waals surface area contributed by atoms with Gasteiger partial charge in [0.25, 0.3) is 5.91 Å². The van der Waals surface area contributed by atoms with E-state index in [4.69, 9.17) is 13.9 Å². The van der Waals surface area contributed by atoms with Gasteiger partial charge in [0.1, 0.15) is 29.3 Å². The molecule has 0 saturated carbocycles. The number of fused-ring (bicyclic) bond motifs is 1. The molecule has 7 heteroatoms. The summed E-state index contributed by atoms with van der Waals surface area (Å²) in [5, 5.41) is 3.20. The molecule has 4 aromatic rings. The minimum Gasteiger partial charge on any atom is -0.489 e. The maximum absolute atomic E-state index is 12.3. The fourth-order valence-corrected chi connectivity index (χ4v) is 3.38. The number of carbonyl (C=O) groups excluding carboxylic acids is 2. The highest BCUT2D eigenvalue weighted by Gasteiger charge is 2.14. The number of benzene rings is 3. The molecule has 4 rings (SSSR count). The Morgan fingerprint density at radius 3 is 2.44 bits per heavy atom. The van der Waals surface area contributed by atoms with Gasteiger partial charge in [-0.15, -0.1) is 0 Å². The fourth-order valence-electron chi connectivity index (χ4n) is 3.38. The van der Waals surface area contributed by atoms with Gasteiger partial charge in [-0.3, -0.25) is 4.79 Å². The molecular weight excluding hydrogens is 458 g/mol. The zero-order valence-corrected chi connectivity index (χ0v) is 19.7. The third-order valence-corrected chi connectivity index (χ3v) is 5.25. The molecule has 7 nitrogen and oxygen atoms in total. The van der Waals surface area contributed by atoms with E-state index in [2.05, 4.69) is 5.32 Å². The van der Waals surface area contributed by atoms with Gasteiger partial charge in [0.05, 0.1) is 0 Å². The van der Waals surface area contributed by atoms with E-state index < -0.39 is 17.5 Å². The van der Waals surface area contributed by atoms with Crippen LogP contribution in [0.2, 0.25) is 0 Å². The van der Waals surface area contributed by atoms with E-state index in [1.165, 1.54) is 18.2 Å². The second-order valence-corrected chi connectivity index (χ2v) is 8.00. The molecule has 1 aromatic heterocycles. The molecule has 1 amide bonds. The zero-order chi connectivity index (χ0) is 25.3. The monoisotopic (exact) mass is 483 g/mol. The van der Waals surface area contributed by atoms with Crippen molar-refractivity contribution in [3.63, 3.8) is 0 Å². The molecule has 1 N–H and O–H groups in total. The Hall–Kier alpha value is -4.65. The summed E-state index contributed by atoms with van der Waals surface area (Å²) in [5.41, 5.74) is 1.27. The number of carbonyl (C=O) groups is 2. The van der Waals surface area contributed by atoms with E-state index >= 15 is 0 Å². The third-order valence-electron chi connectivity index (χ3n) is 5.25. The minimum atomic E-state index is -0.754. The molecule has 0 saturated heterocycles. The van der Waals surface area contributed by atoms with Crippen LogP contribution in [0.1, 0.15) is 34.8 Å². The predicted octanol–water partition coefficient (Wildman–Crippen LogP) is 5.13. The van der Waals surface area contributed by atoms with Crippen molar-refractivity contribution < 1.29 is 23.5 Å². The Bertz CT molecular complexity index is 1440. The molecule has 182 valence electrons. The van der Waals surface area contributed by atoms with Gasteiger partial charge in [-0.25, -0.2) is 9.59 Å². The van der Waals surface area contributed by atoms with Crippen LogP contribution in [0, 0.1) is 0 Å². The van der Waals surface area contributed by atoms with Crippen LogP contribution in [0.15, 0.2) is 94.2 Å². The smallest absolute Gasteiger partial charge is 0.349 e. The second-order valence-electron chi connectivity index (χ2n) is 8.00. The molecule has 0 aliphatic heterocycles. The highest BCUT2D eigenvalue weighted by Crippen LogP contribution is 2.21. The maximum Gasteiger partial charge on any atom is 0.349 e. The topological polar surface area (TPSA) is 94.8 Å². The van der Waals surface area contributed by atoms with Crippen molar-refractivity contribution in [2.24, 2.45) is 0 Å². The third kappa shape index (κ3) is 6.48. The first-order valence-electron chi connectivity index (χ1n) is 11.5. The van der Waals surface area contributed by atoms with E-state index in [-0.39, 0.29) is 16.9 Å². The predicted molar refractivity (Wildman–Crippen MR) is 137 cm³/mol. The van der Waals surface area contributed by atoms with Crippen LogP contribution >= 0.6 is 0 Å². The van der Waals surface area contributed by atoms with E-state index in [1.807, 2.05) is 61.5 Å². The van der Waals surface area contributed by atoms with Crippen LogP contribution in [-0.4, -0.2) is 18.4 Å². The van der Waals surface area contributed by atoms with Crippen molar-refractivity contribution in [2.45, 2.75) is 20.0 Å². The zero-order valence-electron chi connectivity index (χ0n) is 19.7. The van der Waals surface area contributed by atoms with E-state index in [1.54, 1.807) is 18.2 Å². The normalized spacial score (nSPS) is 10.9. The summed E-state index contributed by atoms with van der Waals surface area (Å²) in [6, 6.07) is 23.3. The van der Waals surface area contributed by atoms with Gasteiger partial charge in [-0.05, 0) is 54.0 Å². The van der Waals surface area contributed by atoms with Gasteiger partial charge in [-0.1, -0.05) is 49.4 Å². The first-order chi connectivity index (χ1) is 17.5. The summed E-state index contributed by atoms with van der Waals surface area (Å²) in [6.45, 7) is 2.85. The molecule has 0 atom stereocenters. The number of esters is 1. The van der Waals surface area contributed by atoms with E-state index in [0.29, 0.717) is 18.5 Å². The lowest BCUT2D eigenvalue weighted by molar-refractivity contribution is -0.128. The minimum absolute atomic E-state index is 0.0693. The van der Waals surface area contributed by atoms with Gasteiger partial charge in [-0.2, -0.15) is 0 Å². The van der Waals surface area contributed by atoms with Crippen molar-refractivity contribution in [3.8, 4) is 11.5 Å². The number of hydrogen-bond donors (Lipinski definition) is 1. The van der Waals surface area contributed by atoms with Gasteiger partial charge < -0.3 is 19.2 Å². The van der Waals surface area contributed by atoms with Gasteiger partial charge >= 0.3 is 11.6 Å². The molecule has 0 aliphatic rings. The Balaban J connectivity index is 1.36. The number of nitrogens with one attached hydrogen (secondary N) is 1. The molecule has 0 aliphatic carbocycles. The van der Waals surface area contributed by atoms with Crippen molar-refractivity contribution >= 4 is 28.9 Å². The molecule has 3 aromatic carbocycles. The van der Waals surface area contributed by atoms with Crippen molar-refractivity contribution in [2.75, 3.05) is 6.54 Å². The molecule has 0 bridgehead atoms. The summed E-state index contributed by atoms with van der Waals surface area (Å²) in [5.74, 6) is -0.129. The summed E-state index contributed by atoms with van der Waals surface area (Å²) in [7, 11) is 0. The lowest BCUT2D eigenvalue weighted by Gasteiger charge is -2.06. The van der Waals surface area contributed by atoms with Crippen LogP contribution < -0.4 is 20.4 Å². The maximum atomic E-state index is 12.3.